The van der Waals surface area contributed by atoms with Gasteiger partial charge in [-0.15, -0.1) is 0 Å². The van der Waals surface area contributed by atoms with E-state index < -0.39 is 18.5 Å². The molecule has 0 radical (unpaired) electrons. The van der Waals surface area contributed by atoms with Crippen LogP contribution in [0.3, 0.4) is 0 Å². The van der Waals surface area contributed by atoms with Crippen LogP contribution in [-0.4, -0.2) is 34.9 Å². The van der Waals surface area contributed by atoms with Gasteiger partial charge in [-0.1, -0.05) is 0 Å². The smallest absolute Gasteiger partial charge is 0.652 e. The fourth-order valence-corrected chi connectivity index (χ4v) is 0. The van der Waals surface area contributed by atoms with Gasteiger partial charge < -0.3 is 61.5 Å². The van der Waals surface area contributed by atoms with Crippen LogP contribution in [0.5, 0.6) is 0 Å². The molecule has 0 bridgehead atoms. The molecule has 12 nitrogen and oxygen atoms in total. The number of carbonyl (C=O) groups excluding carboxylic acids is 3. The van der Waals surface area contributed by atoms with Crippen molar-refractivity contribution in [2.45, 2.75) is 0 Å². The number of hydrogen-bond acceptors (Lipinski definition) is 9. The third-order valence-corrected chi connectivity index (χ3v) is 0. The topological polar surface area (TPSA) is 284 Å². The third-order valence-electron chi connectivity index (χ3n) is 0. The maximum Gasteiger partial charge on any atom is 3.00 e. The minimum Gasteiger partial charge on any atom is -0.652 e. The van der Waals surface area contributed by atoms with Crippen LogP contribution in [0.15, 0.2) is 0 Å². The summed E-state index contributed by atoms with van der Waals surface area (Å²) in [5.41, 5.74) is 0. The molecule has 0 aliphatic carbocycles. The SMILES string of the molecule is O.O.O.O=C([O-])[O-].O=C([O-])[O-].O=C([O-])[O-].[Tb+3].[Tb+3]. The van der Waals surface area contributed by atoms with E-state index in [1.807, 2.05) is 0 Å². The minimum atomic E-state index is -2.33. The van der Waals surface area contributed by atoms with Gasteiger partial charge in [-0.25, -0.2) is 0 Å². The maximum atomic E-state index is 8.33. The van der Waals surface area contributed by atoms with Gasteiger partial charge >= 0.3 is 77.2 Å². The Morgan fingerprint density at radius 1 is 0.471 bits per heavy atom. The van der Waals surface area contributed by atoms with Gasteiger partial charge in [0.05, 0.1) is 0 Å². The van der Waals surface area contributed by atoms with E-state index in [0.29, 0.717) is 0 Å². The van der Waals surface area contributed by atoms with Crippen molar-refractivity contribution in [2.24, 2.45) is 0 Å². The zero-order valence-corrected chi connectivity index (χ0v) is 11.6. The average molecular weight is 552 g/mol. The summed E-state index contributed by atoms with van der Waals surface area (Å²) in [7, 11) is 0. The number of rotatable bonds is 0. The Hall–Kier alpha value is 0.261. The molecule has 0 saturated carbocycles. The van der Waals surface area contributed by atoms with Crippen LogP contribution in [0.25, 0.3) is 0 Å². The van der Waals surface area contributed by atoms with Gasteiger partial charge in [0.1, 0.15) is 0 Å². The van der Waals surface area contributed by atoms with Crippen molar-refractivity contribution in [1.29, 1.82) is 0 Å². The van der Waals surface area contributed by atoms with E-state index in [1.165, 1.54) is 0 Å². The van der Waals surface area contributed by atoms with Crippen molar-refractivity contribution in [3.8, 4) is 0 Å². The molecule has 0 rings (SSSR count). The molecule has 6 N–H and O–H groups in total. The molecule has 0 aliphatic rings. The Bertz CT molecular complexity index is 117. The van der Waals surface area contributed by atoms with Crippen LogP contribution in [0.2, 0.25) is 0 Å². The van der Waals surface area contributed by atoms with E-state index >= 15 is 0 Å². The molecule has 0 aromatic heterocycles. The van der Waals surface area contributed by atoms with E-state index in [1.54, 1.807) is 0 Å². The molecule has 17 heavy (non-hydrogen) atoms. The fraction of sp³-hybridized carbons (Fsp3) is 0. The Labute approximate surface area is 155 Å². The largest absolute Gasteiger partial charge is 3.00 e. The number of carbonyl (C=O) groups is 3. The minimum absolute atomic E-state index is 0. The monoisotopic (exact) mass is 552 g/mol. The van der Waals surface area contributed by atoms with Gasteiger partial charge in [-0.05, 0) is 18.5 Å². The molecular formula is C3H6O12Tb2. The van der Waals surface area contributed by atoms with Gasteiger partial charge in [0.15, 0.2) is 0 Å². The molecule has 0 heterocycles. The Morgan fingerprint density at radius 3 is 0.471 bits per heavy atom. The summed E-state index contributed by atoms with van der Waals surface area (Å²) in [5, 5.41) is 50.0. The second-order valence-electron chi connectivity index (χ2n) is 0.750. The van der Waals surface area contributed by atoms with Crippen molar-refractivity contribution >= 4 is 18.5 Å². The molecule has 0 atom stereocenters. The standard InChI is InChI=1S/3CH2O3.3H2O.2Tb/c3*2-1(3)4;;;;;/h3*(H2,2,3,4);3*1H2;;/q;;;;;;2*+3/p-6. The normalized spacial score (nSPS) is 4.24. The number of carboxylic acid groups (broad SMARTS) is 6. The second kappa shape index (κ2) is 44.2. The third kappa shape index (κ3) is 48400. The molecule has 0 aliphatic heterocycles. The molecule has 0 aromatic rings. The summed E-state index contributed by atoms with van der Waals surface area (Å²) >= 11 is 0. The van der Waals surface area contributed by atoms with E-state index in [2.05, 4.69) is 0 Å². The first-order valence-electron chi connectivity index (χ1n) is 1.84. The van der Waals surface area contributed by atoms with Crippen molar-refractivity contribution < 1.29 is 139 Å². The molecule has 0 aromatic carbocycles. The molecule has 0 spiro atoms. The summed E-state index contributed by atoms with van der Waals surface area (Å²) in [5.74, 6) is 0. The summed E-state index contributed by atoms with van der Waals surface area (Å²) in [6.07, 6.45) is -7.00. The first-order chi connectivity index (χ1) is 5.20. The molecule has 0 saturated heterocycles. The molecule has 14 heteroatoms. The summed E-state index contributed by atoms with van der Waals surface area (Å²) < 4.78 is 0. The molecule has 108 valence electrons. The maximum absolute atomic E-state index is 8.33. The Morgan fingerprint density at radius 2 is 0.471 bits per heavy atom. The van der Waals surface area contributed by atoms with Crippen LogP contribution in [0.4, 0.5) is 14.4 Å². The van der Waals surface area contributed by atoms with Crippen molar-refractivity contribution in [3.63, 3.8) is 0 Å². The molecule has 0 unspecified atom stereocenters. The van der Waals surface area contributed by atoms with Crippen molar-refractivity contribution in [2.75, 3.05) is 0 Å². The van der Waals surface area contributed by atoms with Gasteiger partial charge in [0, 0.05) is 0 Å². The molecule has 0 amide bonds. The zero-order chi connectivity index (χ0) is 10.7. The van der Waals surface area contributed by atoms with Crippen LogP contribution in [-0.2, 0) is 0 Å². The van der Waals surface area contributed by atoms with E-state index in [0.717, 1.165) is 0 Å². The van der Waals surface area contributed by atoms with Gasteiger partial charge in [0.25, 0.3) is 0 Å². The summed E-state index contributed by atoms with van der Waals surface area (Å²) in [6.45, 7) is 0. The summed E-state index contributed by atoms with van der Waals surface area (Å²) in [4.78, 5) is 25.0. The van der Waals surface area contributed by atoms with E-state index in [-0.39, 0.29) is 93.7 Å². The quantitative estimate of drug-likeness (QED) is 0.275. The first-order valence-corrected chi connectivity index (χ1v) is 1.84. The Kier molecular flexibility index (Phi) is 138. The van der Waals surface area contributed by atoms with Crippen LogP contribution >= 0.6 is 0 Å². The summed E-state index contributed by atoms with van der Waals surface area (Å²) in [6, 6.07) is 0. The fourth-order valence-electron chi connectivity index (χ4n) is 0. The second-order valence-corrected chi connectivity index (χ2v) is 0.750. The molecular weight excluding hydrogens is 546 g/mol. The van der Waals surface area contributed by atoms with Gasteiger partial charge in [-0.3, -0.25) is 0 Å². The first kappa shape index (κ1) is 53.2. The predicted molar refractivity (Wildman–Crippen MR) is 27.0 cm³/mol. The van der Waals surface area contributed by atoms with Crippen LogP contribution in [0, 0.1) is 77.2 Å². The van der Waals surface area contributed by atoms with Crippen molar-refractivity contribution in [3.05, 3.63) is 0 Å². The Balaban J connectivity index is -0.0000000104. The van der Waals surface area contributed by atoms with E-state index in [9.17, 15) is 0 Å². The zero-order valence-electron chi connectivity index (χ0n) is 7.34. The predicted octanol–water partition coefficient (Wildman–Crippen LogP) is -9.82. The van der Waals surface area contributed by atoms with Gasteiger partial charge in [-0.2, -0.15) is 0 Å². The average Bonchev–Trinajstić information content (AvgIpc) is 1.54. The van der Waals surface area contributed by atoms with Crippen LogP contribution in [0.1, 0.15) is 0 Å². The molecule has 0 fully saturated rings. The van der Waals surface area contributed by atoms with Crippen LogP contribution < -0.4 is 30.6 Å². The van der Waals surface area contributed by atoms with Crippen molar-refractivity contribution in [1.82, 2.24) is 0 Å². The van der Waals surface area contributed by atoms with E-state index in [4.69, 9.17) is 45.0 Å². The van der Waals surface area contributed by atoms with Gasteiger partial charge in [0.2, 0.25) is 0 Å². The number of hydrogen-bond donors (Lipinski definition) is 0.